The molecule has 0 aliphatic carbocycles. The Bertz CT molecular complexity index is 1960. The van der Waals surface area contributed by atoms with Gasteiger partial charge >= 0.3 is 0 Å². The van der Waals surface area contributed by atoms with Crippen molar-refractivity contribution in [3.05, 3.63) is 96.1 Å². The van der Waals surface area contributed by atoms with Crippen LogP contribution in [0.15, 0.2) is 89.7 Å². The predicted octanol–water partition coefficient (Wildman–Crippen LogP) is 7.84. The predicted molar refractivity (Wildman–Crippen MR) is 220 cm³/mol. The quantitative estimate of drug-likeness (QED) is 0.0540. The van der Waals surface area contributed by atoms with Gasteiger partial charge in [0, 0.05) is 55.0 Å². The highest BCUT2D eigenvalue weighted by molar-refractivity contribution is 7.91. The summed E-state index contributed by atoms with van der Waals surface area (Å²) in [5, 5.41) is 3.00. The molecule has 55 heavy (non-hydrogen) atoms. The maximum Gasteiger partial charge on any atom is 0.266 e. The van der Waals surface area contributed by atoms with E-state index < -0.39 is 27.5 Å². The molecule has 1 aliphatic rings. The Morgan fingerprint density at radius 3 is 2.40 bits per heavy atom. The molecule has 0 saturated carbocycles. The SMILES string of the molecule is CCCCOCCOc1ccc(-c2ccc3c(c2)C=C(C(=O)Nc2ccc([S+]([O-])CCc4cncn4CCC)cc2)CC[C@H](OS(C)(=O)=O)N3CCC)cc1. The number of hydrogen-bond donors (Lipinski definition) is 1. The van der Waals surface area contributed by atoms with Crippen molar-refractivity contribution in [3.8, 4) is 16.9 Å². The van der Waals surface area contributed by atoms with Gasteiger partial charge in [-0.2, -0.15) is 8.42 Å². The lowest BCUT2D eigenvalue weighted by Gasteiger charge is -2.35. The van der Waals surface area contributed by atoms with Gasteiger partial charge < -0.3 is 28.8 Å². The van der Waals surface area contributed by atoms with Gasteiger partial charge in [-0.25, -0.2) is 9.17 Å². The fourth-order valence-electron chi connectivity index (χ4n) is 6.47. The van der Waals surface area contributed by atoms with Gasteiger partial charge in [-0.15, -0.1) is 0 Å². The van der Waals surface area contributed by atoms with Gasteiger partial charge in [-0.05, 0) is 115 Å². The average molecular weight is 791 g/mol. The second kappa shape index (κ2) is 20.7. The third-order valence-electron chi connectivity index (χ3n) is 9.22. The van der Waals surface area contributed by atoms with Crippen molar-refractivity contribution in [2.75, 3.05) is 48.6 Å². The first kappa shape index (κ1) is 42.0. The lowest BCUT2D eigenvalue weighted by atomic mass is 9.96. The summed E-state index contributed by atoms with van der Waals surface area (Å²) in [4.78, 5) is 20.8. The molecule has 0 fully saturated rings. The van der Waals surface area contributed by atoms with Crippen molar-refractivity contribution in [2.24, 2.45) is 0 Å². The highest BCUT2D eigenvalue weighted by atomic mass is 32.2. The van der Waals surface area contributed by atoms with Crippen LogP contribution in [0.4, 0.5) is 11.4 Å². The highest BCUT2D eigenvalue weighted by Crippen LogP contribution is 2.35. The van der Waals surface area contributed by atoms with E-state index in [1.54, 1.807) is 24.3 Å². The molecule has 11 nitrogen and oxygen atoms in total. The standard InChI is InChI=1S/C42H54N4O7S2/c1-5-8-24-51-25-26-52-38-15-9-32(10-16-38)33-11-19-40-35(28-33)29-34(12-20-41(46(40)23-7-3)53-55(4,49)50)42(47)44-36-13-17-39(18-14-36)54(48)27-21-37-30-43-31-45(37)22-6-2/h9-11,13-19,28-31,41H,5-8,12,20-27H2,1-4H3,(H,44,47)/t41-,54?/m0/s1. The third kappa shape index (κ3) is 12.4. The highest BCUT2D eigenvalue weighted by Gasteiger charge is 2.28. The molecule has 0 radical (unpaired) electrons. The number of imidazole rings is 1. The molecule has 296 valence electrons. The van der Waals surface area contributed by atoms with E-state index in [0.717, 1.165) is 78.9 Å². The summed E-state index contributed by atoms with van der Waals surface area (Å²) in [6.07, 6.45) is 10.9. The zero-order chi connectivity index (χ0) is 39.2. The maximum atomic E-state index is 13.9. The molecule has 0 spiro atoms. The van der Waals surface area contributed by atoms with Crippen LogP contribution in [-0.2, 0) is 48.0 Å². The van der Waals surface area contributed by atoms with Crippen LogP contribution in [0.2, 0.25) is 0 Å². The van der Waals surface area contributed by atoms with Gasteiger partial charge in [0.25, 0.3) is 16.0 Å². The van der Waals surface area contributed by atoms with Gasteiger partial charge in [0.05, 0.1) is 19.2 Å². The minimum atomic E-state index is -3.80. The number of ether oxygens (including phenoxy) is 2. The Morgan fingerprint density at radius 2 is 1.69 bits per heavy atom. The molecule has 1 unspecified atom stereocenters. The summed E-state index contributed by atoms with van der Waals surface area (Å²) >= 11 is -1.22. The topological polar surface area (TPSA) is 135 Å². The minimum Gasteiger partial charge on any atom is -0.611 e. The van der Waals surface area contributed by atoms with Crippen molar-refractivity contribution in [2.45, 2.75) is 83.4 Å². The summed E-state index contributed by atoms with van der Waals surface area (Å²) in [5.41, 5.74) is 5.55. The second-order valence-corrected chi connectivity index (χ2v) is 16.8. The zero-order valence-corrected chi connectivity index (χ0v) is 34.0. The van der Waals surface area contributed by atoms with Crippen molar-refractivity contribution in [3.63, 3.8) is 0 Å². The summed E-state index contributed by atoms with van der Waals surface area (Å²) in [7, 11) is -3.80. The van der Waals surface area contributed by atoms with Crippen LogP contribution in [0.3, 0.4) is 0 Å². The molecule has 2 heterocycles. The fourth-order valence-corrected chi connectivity index (χ4v) is 8.15. The van der Waals surface area contributed by atoms with Gasteiger partial charge in [0.15, 0.2) is 4.90 Å². The molecule has 4 aromatic rings. The molecule has 2 atom stereocenters. The largest absolute Gasteiger partial charge is 0.611 e. The normalized spacial score (nSPS) is 15.1. The molecule has 5 rings (SSSR count). The Labute approximate surface area is 329 Å². The first-order valence-corrected chi connectivity index (χ1v) is 22.3. The average Bonchev–Trinajstić information content (AvgIpc) is 3.62. The van der Waals surface area contributed by atoms with E-state index in [9.17, 15) is 17.8 Å². The van der Waals surface area contributed by atoms with E-state index in [1.807, 2.05) is 72.9 Å². The van der Waals surface area contributed by atoms with Gasteiger partial charge in [-0.1, -0.05) is 45.4 Å². The van der Waals surface area contributed by atoms with E-state index in [-0.39, 0.29) is 18.7 Å². The first-order chi connectivity index (χ1) is 26.6. The van der Waals surface area contributed by atoms with Gasteiger partial charge in [-0.3, -0.25) is 4.79 Å². The number of carbonyl (C=O) groups excluding carboxylic acids is 1. The Balaban J connectivity index is 1.35. The third-order valence-corrected chi connectivity index (χ3v) is 11.2. The van der Waals surface area contributed by atoms with Crippen LogP contribution in [-0.4, -0.2) is 73.0 Å². The summed E-state index contributed by atoms with van der Waals surface area (Å²) in [6.45, 7) is 9.45. The van der Waals surface area contributed by atoms with Crippen LogP contribution in [0.1, 0.15) is 70.6 Å². The number of fused-ring (bicyclic) bond motifs is 1. The summed E-state index contributed by atoms with van der Waals surface area (Å²) in [6, 6.07) is 20.9. The minimum absolute atomic E-state index is 0.279. The van der Waals surface area contributed by atoms with E-state index in [0.29, 0.717) is 48.1 Å². The molecule has 0 saturated heterocycles. The van der Waals surface area contributed by atoms with E-state index in [1.165, 1.54) is 0 Å². The molecular formula is C42H54N4O7S2. The Kier molecular flexibility index (Phi) is 15.8. The number of nitrogens with one attached hydrogen (secondary N) is 1. The van der Waals surface area contributed by atoms with Crippen LogP contribution in [0.25, 0.3) is 17.2 Å². The molecule has 1 aromatic heterocycles. The number of carbonyl (C=O) groups is 1. The van der Waals surface area contributed by atoms with Crippen molar-refractivity contribution < 1.29 is 31.4 Å². The number of aromatic nitrogens is 2. The number of nitrogens with zero attached hydrogens (tertiary/aromatic N) is 3. The van der Waals surface area contributed by atoms with E-state index in [4.69, 9.17) is 13.7 Å². The lowest BCUT2D eigenvalue weighted by molar-refractivity contribution is -0.113. The van der Waals surface area contributed by atoms with Crippen LogP contribution >= 0.6 is 0 Å². The molecule has 3 aromatic carbocycles. The number of hydrogen-bond acceptors (Lipinski definition) is 9. The van der Waals surface area contributed by atoms with Crippen molar-refractivity contribution in [1.82, 2.24) is 9.55 Å². The lowest BCUT2D eigenvalue weighted by Crippen LogP contribution is -2.40. The monoisotopic (exact) mass is 790 g/mol. The second-order valence-electron chi connectivity index (χ2n) is 13.6. The molecule has 13 heteroatoms. The van der Waals surface area contributed by atoms with E-state index in [2.05, 4.69) is 28.7 Å². The molecule has 1 aliphatic heterocycles. The van der Waals surface area contributed by atoms with E-state index >= 15 is 0 Å². The van der Waals surface area contributed by atoms with Crippen LogP contribution < -0.4 is 15.0 Å². The van der Waals surface area contributed by atoms with Crippen molar-refractivity contribution >= 4 is 44.7 Å². The first-order valence-electron chi connectivity index (χ1n) is 19.2. The van der Waals surface area contributed by atoms with Gasteiger partial charge in [0.2, 0.25) is 0 Å². The van der Waals surface area contributed by atoms with Crippen molar-refractivity contribution in [1.29, 1.82) is 0 Å². The van der Waals surface area contributed by atoms with Crippen LogP contribution in [0.5, 0.6) is 5.75 Å². The summed E-state index contributed by atoms with van der Waals surface area (Å²) < 4.78 is 57.2. The number of unbranched alkanes of at least 4 members (excludes halogenated alkanes) is 1. The Morgan fingerprint density at radius 1 is 0.945 bits per heavy atom. The molecule has 1 N–H and O–H groups in total. The number of rotatable bonds is 20. The smallest absolute Gasteiger partial charge is 0.266 e. The number of anilines is 2. The molecule has 0 bridgehead atoms. The number of aryl methyl sites for hydroxylation is 2. The fraction of sp³-hybridized carbons (Fsp3) is 0.429. The van der Waals surface area contributed by atoms with Gasteiger partial charge in [0.1, 0.15) is 24.3 Å². The zero-order valence-electron chi connectivity index (χ0n) is 32.4. The maximum absolute atomic E-state index is 13.9. The van der Waals surface area contributed by atoms with Crippen LogP contribution in [0, 0.1) is 0 Å². The number of amides is 1. The molecular weight excluding hydrogens is 737 g/mol. The Hall–Kier alpha value is -4.14. The number of benzene rings is 3. The molecule has 1 amide bonds. The summed E-state index contributed by atoms with van der Waals surface area (Å²) in [5.74, 6) is 0.905.